The van der Waals surface area contributed by atoms with Crippen LogP contribution in [-0.4, -0.2) is 22.9 Å². The van der Waals surface area contributed by atoms with E-state index < -0.39 is 0 Å². The summed E-state index contributed by atoms with van der Waals surface area (Å²) in [7, 11) is 0. The standard InChI is InChI=1S/C15H24O2/c1-10(2)6-5-7-11(3)12-8-9-15(4)14(17-15)13(12)16/h6,13-14,16H,5,7-9H2,1-4H3/b12-11+/t13-,14-,15+/m0/s1. The minimum Gasteiger partial charge on any atom is -0.386 e. The number of hydrogen-bond donors (Lipinski definition) is 1. The molecule has 17 heavy (non-hydrogen) atoms. The van der Waals surface area contributed by atoms with Crippen LogP contribution in [0.3, 0.4) is 0 Å². The fourth-order valence-corrected chi connectivity index (χ4v) is 2.77. The van der Waals surface area contributed by atoms with Gasteiger partial charge in [-0.05, 0) is 59.0 Å². The number of aliphatic hydroxyl groups is 1. The highest BCUT2D eigenvalue weighted by atomic mass is 16.6. The third-order valence-corrected chi connectivity index (χ3v) is 4.10. The maximum atomic E-state index is 10.2. The van der Waals surface area contributed by atoms with Crippen LogP contribution < -0.4 is 0 Å². The summed E-state index contributed by atoms with van der Waals surface area (Å²) in [5.41, 5.74) is 3.92. The molecule has 2 rings (SSSR count). The third-order valence-electron chi connectivity index (χ3n) is 4.10. The smallest absolute Gasteiger partial charge is 0.117 e. The lowest BCUT2D eigenvalue weighted by Gasteiger charge is -2.23. The summed E-state index contributed by atoms with van der Waals surface area (Å²) in [6.07, 6.45) is 6.15. The molecule has 1 aliphatic heterocycles. The first-order valence-corrected chi connectivity index (χ1v) is 6.62. The Morgan fingerprint density at radius 1 is 1.47 bits per heavy atom. The average Bonchev–Trinajstić information content (AvgIpc) is 2.91. The molecule has 0 aromatic rings. The van der Waals surface area contributed by atoms with Crippen molar-refractivity contribution >= 4 is 0 Å². The van der Waals surface area contributed by atoms with E-state index in [4.69, 9.17) is 4.74 Å². The second-order valence-corrected chi connectivity index (χ2v) is 5.92. The van der Waals surface area contributed by atoms with E-state index in [1.54, 1.807) is 0 Å². The van der Waals surface area contributed by atoms with Gasteiger partial charge in [-0.2, -0.15) is 0 Å². The second kappa shape index (κ2) is 4.58. The van der Waals surface area contributed by atoms with E-state index >= 15 is 0 Å². The van der Waals surface area contributed by atoms with E-state index in [1.165, 1.54) is 16.7 Å². The minimum absolute atomic E-state index is 0.0247. The van der Waals surface area contributed by atoms with Crippen LogP contribution in [0.1, 0.15) is 53.4 Å². The normalized spacial score (nSPS) is 38.4. The van der Waals surface area contributed by atoms with Crippen LogP contribution >= 0.6 is 0 Å². The van der Waals surface area contributed by atoms with E-state index in [-0.39, 0.29) is 17.8 Å². The van der Waals surface area contributed by atoms with Crippen molar-refractivity contribution in [1.82, 2.24) is 0 Å². The van der Waals surface area contributed by atoms with E-state index in [0.29, 0.717) is 0 Å². The molecule has 1 aliphatic carbocycles. The molecule has 0 unspecified atom stereocenters. The van der Waals surface area contributed by atoms with Gasteiger partial charge >= 0.3 is 0 Å². The van der Waals surface area contributed by atoms with Crippen LogP contribution in [0.2, 0.25) is 0 Å². The van der Waals surface area contributed by atoms with Gasteiger partial charge in [-0.15, -0.1) is 0 Å². The van der Waals surface area contributed by atoms with Crippen LogP contribution in [0.4, 0.5) is 0 Å². The average molecular weight is 236 g/mol. The number of rotatable bonds is 3. The zero-order valence-electron chi connectivity index (χ0n) is 11.4. The van der Waals surface area contributed by atoms with Crippen LogP contribution in [0, 0.1) is 0 Å². The Morgan fingerprint density at radius 3 is 2.82 bits per heavy atom. The van der Waals surface area contributed by atoms with Gasteiger partial charge in [-0.1, -0.05) is 17.2 Å². The van der Waals surface area contributed by atoms with Crippen molar-refractivity contribution in [2.24, 2.45) is 0 Å². The summed E-state index contributed by atoms with van der Waals surface area (Å²) in [5, 5.41) is 10.2. The number of fused-ring (bicyclic) bond motifs is 1. The molecular weight excluding hydrogens is 212 g/mol. The molecular formula is C15H24O2. The summed E-state index contributed by atoms with van der Waals surface area (Å²) in [4.78, 5) is 0. The fraction of sp³-hybridized carbons (Fsp3) is 0.733. The molecule has 0 aromatic heterocycles. The van der Waals surface area contributed by atoms with Crippen molar-refractivity contribution in [2.45, 2.75) is 71.2 Å². The predicted octanol–water partition coefficient (Wildman–Crippen LogP) is 3.36. The Morgan fingerprint density at radius 2 is 2.18 bits per heavy atom. The fourth-order valence-electron chi connectivity index (χ4n) is 2.77. The molecule has 0 aromatic carbocycles. The number of aliphatic hydroxyl groups excluding tert-OH is 1. The Hall–Kier alpha value is -0.600. The molecule has 0 bridgehead atoms. The van der Waals surface area contributed by atoms with Crippen molar-refractivity contribution in [3.8, 4) is 0 Å². The van der Waals surface area contributed by atoms with Gasteiger partial charge in [0.1, 0.15) is 12.2 Å². The molecule has 96 valence electrons. The first kappa shape index (κ1) is 12.8. The molecule has 0 spiro atoms. The monoisotopic (exact) mass is 236 g/mol. The molecule has 2 fully saturated rings. The van der Waals surface area contributed by atoms with Crippen molar-refractivity contribution in [3.05, 3.63) is 22.8 Å². The Balaban J connectivity index is 1.98. The van der Waals surface area contributed by atoms with Gasteiger partial charge in [0.25, 0.3) is 0 Å². The largest absolute Gasteiger partial charge is 0.386 e. The first-order chi connectivity index (χ1) is 7.94. The number of allylic oxidation sites excluding steroid dienone is 3. The van der Waals surface area contributed by atoms with Gasteiger partial charge in [0.05, 0.1) is 5.60 Å². The molecule has 2 heteroatoms. The summed E-state index contributed by atoms with van der Waals surface area (Å²) in [6.45, 7) is 8.52. The molecule has 0 radical (unpaired) electrons. The van der Waals surface area contributed by atoms with E-state index in [2.05, 4.69) is 33.8 Å². The molecule has 1 heterocycles. The highest BCUT2D eigenvalue weighted by molar-refractivity contribution is 5.27. The minimum atomic E-state index is -0.361. The Bertz CT molecular complexity index is 363. The summed E-state index contributed by atoms with van der Waals surface area (Å²) < 4.78 is 5.60. The van der Waals surface area contributed by atoms with Gasteiger partial charge in [-0.25, -0.2) is 0 Å². The lowest BCUT2D eigenvalue weighted by molar-refractivity contribution is 0.163. The quantitative estimate of drug-likeness (QED) is 0.602. The Labute approximate surface area is 104 Å². The summed E-state index contributed by atoms with van der Waals surface area (Å²) in [6, 6.07) is 0. The topological polar surface area (TPSA) is 32.8 Å². The maximum absolute atomic E-state index is 10.2. The van der Waals surface area contributed by atoms with E-state index in [1.807, 2.05) is 0 Å². The van der Waals surface area contributed by atoms with Gasteiger partial charge < -0.3 is 9.84 Å². The first-order valence-electron chi connectivity index (χ1n) is 6.62. The zero-order chi connectivity index (χ0) is 12.6. The molecule has 1 N–H and O–H groups in total. The second-order valence-electron chi connectivity index (χ2n) is 5.92. The van der Waals surface area contributed by atoms with Crippen molar-refractivity contribution in [3.63, 3.8) is 0 Å². The summed E-state index contributed by atoms with van der Waals surface area (Å²) >= 11 is 0. The lowest BCUT2D eigenvalue weighted by Crippen LogP contribution is -2.30. The molecule has 1 saturated heterocycles. The van der Waals surface area contributed by atoms with Crippen molar-refractivity contribution in [2.75, 3.05) is 0 Å². The van der Waals surface area contributed by atoms with Crippen LogP contribution in [-0.2, 0) is 4.74 Å². The highest BCUT2D eigenvalue weighted by Gasteiger charge is 2.59. The molecule has 2 nitrogen and oxygen atoms in total. The molecule has 0 amide bonds. The maximum Gasteiger partial charge on any atom is 0.117 e. The Kier molecular flexibility index (Phi) is 3.46. The van der Waals surface area contributed by atoms with Crippen LogP contribution in [0.15, 0.2) is 22.8 Å². The van der Waals surface area contributed by atoms with Crippen LogP contribution in [0.25, 0.3) is 0 Å². The number of epoxide rings is 1. The highest BCUT2D eigenvalue weighted by Crippen LogP contribution is 2.49. The summed E-state index contributed by atoms with van der Waals surface area (Å²) in [5.74, 6) is 0. The molecule has 2 aliphatic rings. The van der Waals surface area contributed by atoms with E-state index in [9.17, 15) is 5.11 Å². The van der Waals surface area contributed by atoms with Crippen molar-refractivity contribution in [1.29, 1.82) is 0 Å². The van der Waals surface area contributed by atoms with Gasteiger partial charge in [0.2, 0.25) is 0 Å². The van der Waals surface area contributed by atoms with Gasteiger partial charge in [0, 0.05) is 0 Å². The third kappa shape index (κ3) is 2.63. The SMILES string of the molecule is CC(C)=CCC/C(C)=C1\CC[C@@]2(C)O[C@H]2[C@H]1O. The van der Waals surface area contributed by atoms with E-state index in [0.717, 1.165) is 25.7 Å². The van der Waals surface area contributed by atoms with Gasteiger partial charge in [-0.3, -0.25) is 0 Å². The predicted molar refractivity (Wildman–Crippen MR) is 69.9 cm³/mol. The molecule has 1 saturated carbocycles. The van der Waals surface area contributed by atoms with Crippen molar-refractivity contribution < 1.29 is 9.84 Å². The molecule has 3 atom stereocenters. The zero-order valence-corrected chi connectivity index (χ0v) is 11.4. The number of ether oxygens (including phenoxy) is 1. The van der Waals surface area contributed by atoms with Crippen LogP contribution in [0.5, 0.6) is 0 Å². The van der Waals surface area contributed by atoms with Gasteiger partial charge in [0.15, 0.2) is 0 Å². The lowest BCUT2D eigenvalue weighted by atomic mass is 9.82. The number of hydrogen-bond acceptors (Lipinski definition) is 2.